The van der Waals surface area contributed by atoms with E-state index in [1.165, 1.54) is 71.5 Å². The van der Waals surface area contributed by atoms with Crippen molar-refractivity contribution in [3.05, 3.63) is 245 Å². The van der Waals surface area contributed by atoms with Gasteiger partial charge in [0.05, 0.1) is 16.4 Å². The predicted molar refractivity (Wildman–Crippen MR) is 246 cm³/mol. The van der Waals surface area contributed by atoms with Gasteiger partial charge >= 0.3 is 0 Å². The number of fused-ring (bicyclic) bond motifs is 4. The molecule has 1 aromatic heterocycles. The Morgan fingerprint density at radius 3 is 1.95 bits per heavy atom. The first-order valence-corrected chi connectivity index (χ1v) is 20.7. The van der Waals surface area contributed by atoms with Crippen molar-refractivity contribution in [2.45, 2.75) is 11.6 Å². The Morgan fingerprint density at radius 2 is 1.13 bits per heavy atom. The number of hydrogen-bond donors (Lipinski definition) is 1. The van der Waals surface area contributed by atoms with Gasteiger partial charge in [-0.2, -0.15) is 0 Å². The molecule has 13 rings (SSSR count). The van der Waals surface area contributed by atoms with Gasteiger partial charge in [0.1, 0.15) is 12.0 Å². The minimum absolute atomic E-state index is 0.312. The highest BCUT2D eigenvalue weighted by Gasteiger charge is 2.50. The topological polar surface area (TPSA) is 41.7 Å². The second-order valence-electron chi connectivity index (χ2n) is 16.1. The Balaban J connectivity index is 0.991. The SMILES string of the molecule is c1ccc(C2=NC(c3ccc(-n4c5ccc6c7c5c5c8c(cccc8ccc54)C7(c4ccccc4)c4ccccc4-6)cc3)=NC(c3cccc(-c4ccccc4)c3)N2)cc1. The molecule has 2 atom stereocenters. The predicted octanol–water partition coefficient (Wildman–Crippen LogP) is 12.8. The number of amidine groups is 2. The van der Waals surface area contributed by atoms with Crippen molar-refractivity contribution in [2.24, 2.45) is 9.98 Å². The van der Waals surface area contributed by atoms with Crippen LogP contribution in [-0.2, 0) is 5.41 Å². The number of hydrogen-bond acceptors (Lipinski definition) is 3. The van der Waals surface area contributed by atoms with Crippen molar-refractivity contribution in [2.75, 3.05) is 0 Å². The smallest absolute Gasteiger partial charge is 0.159 e. The van der Waals surface area contributed by atoms with Crippen molar-refractivity contribution in [1.82, 2.24) is 9.88 Å². The zero-order valence-corrected chi connectivity index (χ0v) is 32.5. The lowest BCUT2D eigenvalue weighted by atomic mass is 9.63. The molecule has 0 bridgehead atoms. The molecule has 0 amide bonds. The first-order valence-electron chi connectivity index (χ1n) is 20.7. The third kappa shape index (κ3) is 4.56. The molecular weight excluding hydrogens is 729 g/mol. The lowest BCUT2D eigenvalue weighted by Crippen LogP contribution is -2.33. The second-order valence-corrected chi connectivity index (χ2v) is 16.1. The Morgan fingerprint density at radius 1 is 0.467 bits per heavy atom. The molecule has 0 radical (unpaired) electrons. The molecule has 1 aliphatic heterocycles. The Labute approximate surface area is 347 Å². The standard InChI is InChI=1S/C56H36N4/c1-4-14-35(15-5-1)39-19-12-20-40(34-39)55-58-53(37-16-6-2-7-17-37)57-54(59-55)38-26-29-42(30-27-38)60-47-32-28-36-18-13-25-46-49(36)50(47)51-48(60)33-31-44-43-23-10-11-24-45(43)56(46,52(44)51)41-21-8-3-9-22-41/h1-34,55H,(H,57,58,59). The van der Waals surface area contributed by atoms with Crippen LogP contribution >= 0.6 is 0 Å². The Hall–Kier alpha value is -7.82. The molecule has 4 heteroatoms. The van der Waals surface area contributed by atoms with Crippen molar-refractivity contribution in [1.29, 1.82) is 0 Å². The summed E-state index contributed by atoms with van der Waals surface area (Å²) in [5.41, 5.74) is 16.6. The number of nitrogens with one attached hydrogen (secondary N) is 1. The van der Waals surface area contributed by atoms with Crippen LogP contribution < -0.4 is 5.32 Å². The molecule has 0 saturated heterocycles. The van der Waals surface area contributed by atoms with Gasteiger partial charge in [-0.15, -0.1) is 0 Å². The van der Waals surface area contributed by atoms with E-state index in [0.29, 0.717) is 5.84 Å². The summed E-state index contributed by atoms with van der Waals surface area (Å²) in [5, 5.41) is 8.94. The van der Waals surface area contributed by atoms with Crippen molar-refractivity contribution in [3.8, 4) is 27.9 Å². The second kappa shape index (κ2) is 12.6. The first kappa shape index (κ1) is 33.2. The van der Waals surface area contributed by atoms with E-state index >= 15 is 0 Å². The van der Waals surface area contributed by atoms with E-state index in [2.05, 4.69) is 210 Å². The molecule has 1 N–H and O–H groups in total. The van der Waals surface area contributed by atoms with Gasteiger partial charge in [0, 0.05) is 27.6 Å². The number of benzene rings is 9. The molecular formula is C56H36N4. The van der Waals surface area contributed by atoms with Gasteiger partial charge in [0.25, 0.3) is 0 Å². The molecule has 9 aromatic carbocycles. The highest BCUT2D eigenvalue weighted by molar-refractivity contribution is 6.28. The van der Waals surface area contributed by atoms with Gasteiger partial charge in [0.2, 0.25) is 0 Å². The van der Waals surface area contributed by atoms with Crippen LogP contribution in [0.3, 0.4) is 0 Å². The summed E-state index contributed by atoms with van der Waals surface area (Å²) in [6, 6.07) is 74.8. The van der Waals surface area contributed by atoms with Crippen LogP contribution in [0.5, 0.6) is 0 Å². The van der Waals surface area contributed by atoms with Gasteiger partial charge in [-0.1, -0.05) is 164 Å². The summed E-state index contributed by atoms with van der Waals surface area (Å²) in [7, 11) is 0. The summed E-state index contributed by atoms with van der Waals surface area (Å²) in [6.07, 6.45) is -0.312. The van der Waals surface area contributed by atoms with Gasteiger partial charge < -0.3 is 9.88 Å². The molecule has 0 spiro atoms. The minimum Gasteiger partial charge on any atom is -0.344 e. The molecule has 3 aliphatic rings. The quantitative estimate of drug-likeness (QED) is 0.180. The summed E-state index contributed by atoms with van der Waals surface area (Å²) in [4.78, 5) is 10.4. The summed E-state index contributed by atoms with van der Waals surface area (Å²) < 4.78 is 2.47. The largest absolute Gasteiger partial charge is 0.344 e. The van der Waals surface area contributed by atoms with E-state index in [0.717, 1.165) is 33.8 Å². The van der Waals surface area contributed by atoms with Crippen molar-refractivity contribution >= 4 is 44.2 Å². The number of aliphatic imine (C=N–C) groups is 2. The molecule has 2 heterocycles. The lowest BCUT2D eigenvalue weighted by molar-refractivity contribution is 0.674. The lowest BCUT2D eigenvalue weighted by Gasteiger charge is -2.37. The van der Waals surface area contributed by atoms with E-state index in [4.69, 9.17) is 9.98 Å². The number of nitrogens with zero attached hydrogens (tertiary/aromatic N) is 3. The minimum atomic E-state index is -0.428. The van der Waals surface area contributed by atoms with Gasteiger partial charge in [-0.05, 0) is 103 Å². The van der Waals surface area contributed by atoms with Gasteiger partial charge in [-0.25, -0.2) is 9.98 Å². The van der Waals surface area contributed by atoms with E-state index < -0.39 is 5.41 Å². The maximum absolute atomic E-state index is 5.27. The normalized spacial score (nSPS) is 17.2. The third-order valence-electron chi connectivity index (χ3n) is 13.0. The molecule has 4 nitrogen and oxygen atoms in total. The highest BCUT2D eigenvalue weighted by Crippen LogP contribution is 2.63. The fourth-order valence-electron chi connectivity index (χ4n) is 10.5. The average molecular weight is 765 g/mol. The monoisotopic (exact) mass is 764 g/mol. The first-order chi connectivity index (χ1) is 29.8. The van der Waals surface area contributed by atoms with Crippen LogP contribution in [0.1, 0.15) is 45.1 Å². The Bertz CT molecular complexity index is 3440. The average Bonchev–Trinajstić information content (AvgIpc) is 3.83. The van der Waals surface area contributed by atoms with Crippen LogP contribution in [-0.4, -0.2) is 16.2 Å². The number of rotatable bonds is 6. The van der Waals surface area contributed by atoms with Crippen LogP contribution in [0.25, 0.3) is 60.5 Å². The van der Waals surface area contributed by atoms with Crippen LogP contribution in [0.2, 0.25) is 0 Å². The fraction of sp³-hybridized carbons (Fsp3) is 0.0357. The summed E-state index contributed by atoms with van der Waals surface area (Å²) in [5.74, 6) is 1.51. The zero-order valence-electron chi connectivity index (χ0n) is 32.5. The van der Waals surface area contributed by atoms with Crippen molar-refractivity contribution < 1.29 is 0 Å². The zero-order chi connectivity index (χ0) is 39.4. The third-order valence-corrected chi connectivity index (χ3v) is 13.0. The van der Waals surface area contributed by atoms with Crippen molar-refractivity contribution in [3.63, 3.8) is 0 Å². The van der Waals surface area contributed by atoms with Gasteiger partial charge in [0.15, 0.2) is 5.84 Å². The Kier molecular flexibility index (Phi) is 6.96. The van der Waals surface area contributed by atoms with E-state index in [1.807, 2.05) is 6.07 Å². The maximum atomic E-state index is 5.27. The molecule has 2 aliphatic carbocycles. The summed E-state index contributed by atoms with van der Waals surface area (Å²) >= 11 is 0. The van der Waals surface area contributed by atoms with E-state index in [-0.39, 0.29) is 6.17 Å². The maximum Gasteiger partial charge on any atom is 0.159 e. The molecule has 0 fully saturated rings. The van der Waals surface area contributed by atoms with Gasteiger partial charge in [-0.3, -0.25) is 0 Å². The molecule has 280 valence electrons. The fourth-order valence-corrected chi connectivity index (χ4v) is 10.5. The van der Waals surface area contributed by atoms with Crippen LogP contribution in [0.4, 0.5) is 0 Å². The number of aromatic nitrogens is 1. The summed E-state index contributed by atoms with van der Waals surface area (Å²) in [6.45, 7) is 0. The molecule has 2 unspecified atom stereocenters. The molecule has 0 saturated carbocycles. The van der Waals surface area contributed by atoms with Crippen LogP contribution in [0, 0.1) is 0 Å². The van der Waals surface area contributed by atoms with E-state index in [1.54, 1.807) is 0 Å². The molecule has 10 aromatic rings. The molecule has 60 heavy (non-hydrogen) atoms. The van der Waals surface area contributed by atoms with Crippen LogP contribution in [0.15, 0.2) is 216 Å². The highest BCUT2D eigenvalue weighted by atomic mass is 15.2. The van der Waals surface area contributed by atoms with E-state index in [9.17, 15) is 0 Å².